The minimum absolute atomic E-state index is 0.0595. The van der Waals surface area contributed by atoms with Crippen molar-refractivity contribution in [3.63, 3.8) is 0 Å². The topological polar surface area (TPSA) is 52.3 Å². The Hall–Kier alpha value is -3.73. The second kappa shape index (κ2) is 6.46. The highest BCUT2D eigenvalue weighted by Crippen LogP contribution is 2.30. The molecule has 2 heterocycles. The molecule has 4 nitrogen and oxygen atoms in total. The molecule has 0 fully saturated rings. The van der Waals surface area contributed by atoms with Crippen molar-refractivity contribution in [3.8, 4) is 5.75 Å². The average Bonchev–Trinajstić information content (AvgIpc) is 3.06. The Bertz CT molecular complexity index is 1260. The van der Waals surface area contributed by atoms with E-state index in [-0.39, 0.29) is 11.6 Å². The summed E-state index contributed by atoms with van der Waals surface area (Å²) in [4.78, 5) is 17.2. The zero-order chi connectivity index (χ0) is 19.1. The molecule has 0 bridgehead atoms. The second-order valence-corrected chi connectivity index (χ2v) is 6.53. The fourth-order valence-corrected chi connectivity index (χ4v) is 3.28. The summed E-state index contributed by atoms with van der Waals surface area (Å²) in [5.41, 5.74) is 3.84. The summed E-state index contributed by atoms with van der Waals surface area (Å²) < 4.78 is 24.7. The molecule has 0 unspecified atom stereocenters. The number of halogens is 1. The number of benzene rings is 3. The van der Waals surface area contributed by atoms with Gasteiger partial charge in [0.1, 0.15) is 23.7 Å². The first-order valence-corrected chi connectivity index (χ1v) is 8.81. The number of carbonyl (C=O) groups is 1. The monoisotopic (exact) mass is 371 g/mol. The van der Waals surface area contributed by atoms with Crippen LogP contribution in [-0.2, 0) is 6.61 Å². The first kappa shape index (κ1) is 16.4. The van der Waals surface area contributed by atoms with Crippen molar-refractivity contribution < 1.29 is 18.3 Å². The van der Waals surface area contributed by atoms with Crippen LogP contribution in [0.4, 0.5) is 4.39 Å². The predicted molar refractivity (Wildman–Crippen MR) is 104 cm³/mol. The van der Waals surface area contributed by atoms with Crippen LogP contribution in [0.2, 0.25) is 0 Å². The third-order valence-corrected chi connectivity index (χ3v) is 4.68. The van der Waals surface area contributed by atoms with E-state index < -0.39 is 0 Å². The van der Waals surface area contributed by atoms with Gasteiger partial charge < -0.3 is 9.15 Å². The van der Waals surface area contributed by atoms with Crippen LogP contribution in [0.15, 0.2) is 65.1 Å². The number of hydrogen-bond donors (Lipinski definition) is 0. The van der Waals surface area contributed by atoms with E-state index in [9.17, 15) is 9.18 Å². The summed E-state index contributed by atoms with van der Waals surface area (Å²) in [6, 6.07) is 17.1. The summed E-state index contributed by atoms with van der Waals surface area (Å²) in [6.07, 6.45) is 3.49. The highest BCUT2D eigenvalue weighted by Gasteiger charge is 2.21. The molecule has 0 radical (unpaired) electrons. The third kappa shape index (κ3) is 2.87. The lowest BCUT2D eigenvalue weighted by molar-refractivity contribution is 0.103. The van der Waals surface area contributed by atoms with Gasteiger partial charge in [-0.15, -0.1) is 0 Å². The highest BCUT2D eigenvalue weighted by molar-refractivity contribution is 6.12. The standard InChI is InChI=1S/C23H14FNO3/c24-16-7-9-21-19(12-16)25-22(28-21)10-6-14-5-8-20-18(11-14)23(26)17-4-2-1-3-15(17)13-27-20/h1-12H,13H2. The molecule has 3 aromatic carbocycles. The third-order valence-electron chi connectivity index (χ3n) is 4.68. The maximum absolute atomic E-state index is 13.3. The molecule has 0 N–H and O–H groups in total. The molecule has 1 aromatic heterocycles. The van der Waals surface area contributed by atoms with Crippen LogP contribution in [0, 0.1) is 5.82 Å². The number of ether oxygens (including phenoxy) is 1. The fourth-order valence-electron chi connectivity index (χ4n) is 3.28. The maximum atomic E-state index is 13.3. The number of fused-ring (bicyclic) bond motifs is 3. The zero-order valence-electron chi connectivity index (χ0n) is 14.7. The molecule has 0 aliphatic carbocycles. The molecule has 0 saturated carbocycles. The molecule has 5 heteroatoms. The lowest BCUT2D eigenvalue weighted by Gasteiger charge is -2.06. The Morgan fingerprint density at radius 1 is 0.964 bits per heavy atom. The van der Waals surface area contributed by atoms with Gasteiger partial charge in [0.25, 0.3) is 0 Å². The number of carbonyl (C=O) groups excluding carboxylic acids is 1. The highest BCUT2D eigenvalue weighted by atomic mass is 19.1. The molecule has 0 atom stereocenters. The van der Waals surface area contributed by atoms with E-state index in [0.717, 1.165) is 11.1 Å². The van der Waals surface area contributed by atoms with Gasteiger partial charge in [-0.25, -0.2) is 9.37 Å². The number of ketones is 1. The summed E-state index contributed by atoms with van der Waals surface area (Å²) >= 11 is 0. The van der Waals surface area contributed by atoms with Crippen molar-refractivity contribution >= 4 is 29.0 Å². The van der Waals surface area contributed by atoms with Gasteiger partial charge in [-0.2, -0.15) is 0 Å². The van der Waals surface area contributed by atoms with Crippen LogP contribution in [0.5, 0.6) is 5.75 Å². The largest absolute Gasteiger partial charge is 0.488 e. The molecule has 4 aromatic rings. The van der Waals surface area contributed by atoms with E-state index in [1.54, 1.807) is 30.4 Å². The van der Waals surface area contributed by atoms with Crippen LogP contribution in [0.3, 0.4) is 0 Å². The van der Waals surface area contributed by atoms with E-state index in [1.165, 1.54) is 12.1 Å². The van der Waals surface area contributed by atoms with Crippen molar-refractivity contribution in [1.82, 2.24) is 4.98 Å². The normalized spacial score (nSPS) is 13.2. The van der Waals surface area contributed by atoms with Gasteiger partial charge in [0.15, 0.2) is 11.4 Å². The van der Waals surface area contributed by atoms with E-state index in [0.29, 0.717) is 40.5 Å². The molecule has 0 spiro atoms. The molecular formula is C23H14FNO3. The smallest absolute Gasteiger partial charge is 0.220 e. The molecule has 136 valence electrons. The van der Waals surface area contributed by atoms with Crippen molar-refractivity contribution in [2.45, 2.75) is 6.61 Å². The quantitative estimate of drug-likeness (QED) is 0.482. The first-order valence-electron chi connectivity index (χ1n) is 8.81. The minimum atomic E-state index is -0.360. The van der Waals surface area contributed by atoms with E-state index >= 15 is 0 Å². The summed E-state index contributed by atoms with van der Waals surface area (Å²) in [5, 5.41) is 0. The van der Waals surface area contributed by atoms with Gasteiger partial charge in [-0.3, -0.25) is 4.79 Å². The van der Waals surface area contributed by atoms with Crippen LogP contribution < -0.4 is 4.74 Å². The lowest BCUT2D eigenvalue weighted by Crippen LogP contribution is -2.02. The van der Waals surface area contributed by atoms with Crippen LogP contribution in [0.1, 0.15) is 32.9 Å². The Kier molecular flexibility index (Phi) is 3.79. The Balaban J connectivity index is 1.49. The van der Waals surface area contributed by atoms with Gasteiger partial charge >= 0.3 is 0 Å². The van der Waals surface area contributed by atoms with Gasteiger partial charge in [0.2, 0.25) is 5.89 Å². The second-order valence-electron chi connectivity index (χ2n) is 6.53. The van der Waals surface area contributed by atoms with Crippen molar-refractivity contribution in [2.75, 3.05) is 0 Å². The van der Waals surface area contributed by atoms with Gasteiger partial charge in [-0.05, 0) is 35.9 Å². The lowest BCUT2D eigenvalue weighted by atomic mass is 9.98. The van der Waals surface area contributed by atoms with Crippen molar-refractivity contribution in [2.24, 2.45) is 0 Å². The Morgan fingerprint density at radius 3 is 2.79 bits per heavy atom. The van der Waals surface area contributed by atoms with Crippen molar-refractivity contribution in [1.29, 1.82) is 0 Å². The number of aromatic nitrogens is 1. The van der Waals surface area contributed by atoms with Gasteiger partial charge in [0, 0.05) is 23.3 Å². The Morgan fingerprint density at radius 2 is 1.86 bits per heavy atom. The molecular weight excluding hydrogens is 357 g/mol. The molecule has 5 rings (SSSR count). The molecule has 1 aliphatic heterocycles. The summed E-state index contributed by atoms with van der Waals surface area (Å²) in [5.74, 6) is 0.510. The van der Waals surface area contributed by atoms with Gasteiger partial charge in [-0.1, -0.05) is 30.3 Å². The van der Waals surface area contributed by atoms with E-state index in [4.69, 9.17) is 9.15 Å². The molecule has 0 amide bonds. The number of hydrogen-bond acceptors (Lipinski definition) is 4. The van der Waals surface area contributed by atoms with Crippen LogP contribution >= 0.6 is 0 Å². The van der Waals surface area contributed by atoms with E-state index in [2.05, 4.69) is 4.98 Å². The van der Waals surface area contributed by atoms with E-state index in [1.807, 2.05) is 30.3 Å². The Labute approximate surface area is 159 Å². The summed E-state index contributed by atoms with van der Waals surface area (Å²) in [7, 11) is 0. The number of nitrogens with zero attached hydrogens (tertiary/aromatic N) is 1. The fraction of sp³-hybridized carbons (Fsp3) is 0.0435. The minimum Gasteiger partial charge on any atom is -0.488 e. The van der Waals surface area contributed by atoms with Crippen LogP contribution in [0.25, 0.3) is 23.3 Å². The molecule has 0 saturated heterocycles. The number of rotatable bonds is 2. The molecule has 1 aliphatic rings. The predicted octanol–water partition coefficient (Wildman–Crippen LogP) is 5.26. The SMILES string of the molecule is O=C1c2ccccc2COc2ccc(C=Cc3nc4cc(F)ccc4o3)cc21. The molecule has 28 heavy (non-hydrogen) atoms. The zero-order valence-corrected chi connectivity index (χ0v) is 14.7. The first-order chi connectivity index (χ1) is 13.7. The van der Waals surface area contributed by atoms with Gasteiger partial charge in [0.05, 0.1) is 5.56 Å². The maximum Gasteiger partial charge on any atom is 0.220 e. The van der Waals surface area contributed by atoms with Crippen molar-refractivity contribution in [3.05, 3.63) is 94.6 Å². The average molecular weight is 371 g/mol. The summed E-state index contributed by atoms with van der Waals surface area (Å²) in [6.45, 7) is 0.365. The number of oxazole rings is 1. The van der Waals surface area contributed by atoms with Crippen LogP contribution in [-0.4, -0.2) is 10.8 Å².